The van der Waals surface area contributed by atoms with Crippen LogP contribution in [0.1, 0.15) is 5.56 Å². The summed E-state index contributed by atoms with van der Waals surface area (Å²) in [5.74, 6) is -0.490. The SMILES string of the molecule is Nc1cc(I)c(F)cc1Nc1ccc(C(F)(F)F)cc1Cl. The summed E-state index contributed by atoms with van der Waals surface area (Å²) in [6.45, 7) is 0. The van der Waals surface area contributed by atoms with Gasteiger partial charge in [0, 0.05) is 6.07 Å². The van der Waals surface area contributed by atoms with Crippen molar-refractivity contribution in [3.8, 4) is 0 Å². The molecule has 0 spiro atoms. The molecule has 112 valence electrons. The summed E-state index contributed by atoms with van der Waals surface area (Å²) in [6.07, 6.45) is -4.48. The van der Waals surface area contributed by atoms with Crippen LogP contribution in [0.25, 0.3) is 0 Å². The van der Waals surface area contributed by atoms with Gasteiger partial charge in [0.05, 0.1) is 31.2 Å². The van der Waals surface area contributed by atoms with E-state index < -0.39 is 17.6 Å². The van der Waals surface area contributed by atoms with Crippen LogP contribution in [0.5, 0.6) is 0 Å². The summed E-state index contributed by atoms with van der Waals surface area (Å²) in [5.41, 5.74) is 5.57. The Morgan fingerprint density at radius 1 is 1.10 bits per heavy atom. The number of nitrogens with one attached hydrogen (secondary N) is 1. The van der Waals surface area contributed by atoms with Gasteiger partial charge in [-0.1, -0.05) is 11.6 Å². The predicted molar refractivity (Wildman–Crippen MR) is 83.3 cm³/mol. The van der Waals surface area contributed by atoms with Crippen LogP contribution in [0.15, 0.2) is 30.3 Å². The summed E-state index contributed by atoms with van der Waals surface area (Å²) in [7, 11) is 0. The number of hydrogen-bond donors (Lipinski definition) is 2. The second kappa shape index (κ2) is 5.88. The number of anilines is 3. The first-order valence-electron chi connectivity index (χ1n) is 5.57. The van der Waals surface area contributed by atoms with E-state index in [1.807, 2.05) is 0 Å². The highest BCUT2D eigenvalue weighted by atomic mass is 127. The molecule has 0 amide bonds. The topological polar surface area (TPSA) is 38.0 Å². The van der Waals surface area contributed by atoms with E-state index in [9.17, 15) is 17.6 Å². The molecular weight excluding hydrogens is 423 g/mol. The molecule has 0 fully saturated rings. The molecule has 0 unspecified atom stereocenters. The third kappa shape index (κ3) is 3.70. The first-order valence-corrected chi connectivity index (χ1v) is 7.02. The highest BCUT2D eigenvalue weighted by Crippen LogP contribution is 2.36. The molecule has 21 heavy (non-hydrogen) atoms. The molecule has 3 N–H and O–H groups in total. The first kappa shape index (κ1) is 16.2. The Hall–Kier alpha value is -1.22. The Bertz CT molecular complexity index is 689. The van der Waals surface area contributed by atoms with E-state index in [-0.39, 0.29) is 22.1 Å². The van der Waals surface area contributed by atoms with Crippen LogP contribution < -0.4 is 11.1 Å². The summed E-state index contributed by atoms with van der Waals surface area (Å²) < 4.78 is 51.5. The van der Waals surface area contributed by atoms with E-state index in [0.717, 1.165) is 18.2 Å². The largest absolute Gasteiger partial charge is 0.416 e. The minimum atomic E-state index is -4.48. The number of alkyl halides is 3. The standard InChI is InChI=1S/C13H8ClF4IN2/c14-7-3-6(13(16,17)18)1-2-11(7)21-12-4-8(15)9(19)5-10(12)20/h1-5,21H,20H2. The normalized spacial score (nSPS) is 11.5. The Labute approximate surface area is 136 Å². The molecule has 0 saturated carbocycles. The minimum absolute atomic E-state index is 0.136. The van der Waals surface area contributed by atoms with E-state index in [1.54, 1.807) is 22.6 Å². The van der Waals surface area contributed by atoms with Crippen LogP contribution in [0.4, 0.5) is 34.6 Å². The van der Waals surface area contributed by atoms with Gasteiger partial charge in [-0.25, -0.2) is 4.39 Å². The zero-order valence-corrected chi connectivity index (χ0v) is 13.1. The van der Waals surface area contributed by atoms with Crippen molar-refractivity contribution in [3.05, 3.63) is 50.3 Å². The van der Waals surface area contributed by atoms with Crippen LogP contribution in [-0.4, -0.2) is 0 Å². The highest BCUT2D eigenvalue weighted by Gasteiger charge is 2.30. The molecule has 0 atom stereocenters. The lowest BCUT2D eigenvalue weighted by Gasteiger charge is -2.13. The number of nitrogen functional groups attached to an aromatic ring is 1. The minimum Gasteiger partial charge on any atom is -0.397 e. The Kier molecular flexibility index (Phi) is 4.52. The van der Waals surface area contributed by atoms with Gasteiger partial charge in [0.15, 0.2) is 0 Å². The van der Waals surface area contributed by atoms with Crippen molar-refractivity contribution >= 4 is 51.3 Å². The van der Waals surface area contributed by atoms with E-state index in [2.05, 4.69) is 5.32 Å². The number of benzene rings is 2. The van der Waals surface area contributed by atoms with Crippen molar-refractivity contribution in [1.82, 2.24) is 0 Å². The summed E-state index contributed by atoms with van der Waals surface area (Å²) >= 11 is 7.59. The molecule has 2 aromatic rings. The maximum atomic E-state index is 13.5. The Morgan fingerprint density at radius 3 is 2.33 bits per heavy atom. The van der Waals surface area contributed by atoms with Crippen LogP contribution in [-0.2, 0) is 6.18 Å². The van der Waals surface area contributed by atoms with Crippen LogP contribution >= 0.6 is 34.2 Å². The second-order valence-electron chi connectivity index (χ2n) is 4.17. The number of hydrogen-bond acceptors (Lipinski definition) is 2. The fourth-order valence-electron chi connectivity index (χ4n) is 1.61. The predicted octanol–water partition coefficient (Wildman–Crippen LogP) is 5.43. The smallest absolute Gasteiger partial charge is 0.397 e. The lowest BCUT2D eigenvalue weighted by Crippen LogP contribution is -2.05. The first-order chi connectivity index (χ1) is 9.68. The Balaban J connectivity index is 2.35. The van der Waals surface area contributed by atoms with Crippen LogP contribution in [0, 0.1) is 9.39 Å². The molecule has 0 heterocycles. The molecule has 0 aliphatic rings. The molecular formula is C13H8ClF4IN2. The van der Waals surface area contributed by atoms with Crippen molar-refractivity contribution < 1.29 is 17.6 Å². The molecule has 0 radical (unpaired) electrons. The molecule has 0 aromatic heterocycles. The zero-order valence-electron chi connectivity index (χ0n) is 10.2. The molecule has 0 aliphatic heterocycles. The fraction of sp³-hybridized carbons (Fsp3) is 0.0769. The lowest BCUT2D eigenvalue weighted by molar-refractivity contribution is -0.137. The lowest BCUT2D eigenvalue weighted by atomic mass is 10.2. The van der Waals surface area contributed by atoms with Gasteiger partial charge >= 0.3 is 6.18 Å². The molecule has 8 heteroatoms. The molecule has 2 aromatic carbocycles. The number of nitrogens with two attached hydrogens (primary N) is 1. The highest BCUT2D eigenvalue weighted by molar-refractivity contribution is 14.1. The average Bonchev–Trinajstić information content (AvgIpc) is 2.36. The quantitative estimate of drug-likeness (QED) is 0.379. The summed E-state index contributed by atoms with van der Waals surface area (Å²) in [6, 6.07) is 5.42. The van der Waals surface area contributed by atoms with Gasteiger partial charge in [-0.3, -0.25) is 0 Å². The maximum Gasteiger partial charge on any atom is 0.416 e. The third-order valence-electron chi connectivity index (χ3n) is 2.66. The molecule has 0 bridgehead atoms. The van der Waals surface area contributed by atoms with Crippen molar-refractivity contribution in [3.63, 3.8) is 0 Å². The van der Waals surface area contributed by atoms with Gasteiger partial charge in [0.1, 0.15) is 5.82 Å². The van der Waals surface area contributed by atoms with E-state index >= 15 is 0 Å². The van der Waals surface area contributed by atoms with Gasteiger partial charge in [0.2, 0.25) is 0 Å². The van der Waals surface area contributed by atoms with Gasteiger partial charge < -0.3 is 11.1 Å². The Morgan fingerprint density at radius 2 is 1.76 bits per heavy atom. The zero-order chi connectivity index (χ0) is 15.8. The second-order valence-corrected chi connectivity index (χ2v) is 5.74. The van der Waals surface area contributed by atoms with Gasteiger partial charge in [0.25, 0.3) is 0 Å². The van der Waals surface area contributed by atoms with Gasteiger partial charge in [-0.2, -0.15) is 13.2 Å². The van der Waals surface area contributed by atoms with Gasteiger partial charge in [-0.15, -0.1) is 0 Å². The van der Waals surface area contributed by atoms with Crippen molar-refractivity contribution in [2.75, 3.05) is 11.1 Å². The molecule has 0 aliphatic carbocycles. The van der Waals surface area contributed by atoms with Gasteiger partial charge in [-0.05, 0) is 46.9 Å². The van der Waals surface area contributed by atoms with Crippen LogP contribution in [0.2, 0.25) is 5.02 Å². The van der Waals surface area contributed by atoms with Crippen molar-refractivity contribution in [1.29, 1.82) is 0 Å². The summed E-state index contributed by atoms with van der Waals surface area (Å²) in [5, 5.41) is 2.58. The van der Waals surface area contributed by atoms with Crippen molar-refractivity contribution in [2.45, 2.75) is 6.18 Å². The maximum absolute atomic E-state index is 13.5. The van der Waals surface area contributed by atoms with Crippen molar-refractivity contribution in [2.24, 2.45) is 0 Å². The van der Waals surface area contributed by atoms with Crippen LogP contribution in [0.3, 0.4) is 0 Å². The van der Waals surface area contributed by atoms with E-state index in [1.165, 1.54) is 12.1 Å². The van der Waals surface area contributed by atoms with E-state index in [4.69, 9.17) is 17.3 Å². The average molecular weight is 431 g/mol. The van der Waals surface area contributed by atoms with E-state index in [0.29, 0.717) is 3.57 Å². The molecule has 2 nitrogen and oxygen atoms in total. The number of rotatable bonds is 2. The monoisotopic (exact) mass is 430 g/mol. The third-order valence-corrected chi connectivity index (χ3v) is 3.80. The number of halogens is 6. The molecule has 2 rings (SSSR count). The fourth-order valence-corrected chi connectivity index (χ4v) is 2.33. The molecule has 0 saturated heterocycles. The summed E-state index contributed by atoms with van der Waals surface area (Å²) in [4.78, 5) is 0.